The van der Waals surface area contributed by atoms with E-state index >= 15 is 0 Å². The van der Waals surface area contributed by atoms with Crippen LogP contribution in [-0.4, -0.2) is 28.4 Å². The summed E-state index contributed by atoms with van der Waals surface area (Å²) in [5.41, 5.74) is 5.73. The first-order chi connectivity index (χ1) is 13.3. The van der Waals surface area contributed by atoms with Crippen molar-refractivity contribution in [1.29, 1.82) is 0 Å². The van der Waals surface area contributed by atoms with Crippen LogP contribution in [0.25, 0.3) is 0 Å². The molecule has 2 aromatic rings. The minimum atomic E-state index is -1.04. The zero-order chi connectivity index (χ0) is 20.5. The highest BCUT2D eigenvalue weighted by Gasteiger charge is 2.47. The summed E-state index contributed by atoms with van der Waals surface area (Å²) in [7, 11) is 0. The molecule has 0 bridgehead atoms. The summed E-state index contributed by atoms with van der Waals surface area (Å²) in [6.07, 6.45) is 0.952. The van der Waals surface area contributed by atoms with Gasteiger partial charge in [-0.25, -0.2) is 0 Å². The maximum absolute atomic E-state index is 13.4. The molecular weight excluding hydrogens is 380 g/mol. The van der Waals surface area contributed by atoms with Crippen molar-refractivity contribution in [3.05, 3.63) is 41.4 Å². The molecule has 28 heavy (non-hydrogen) atoms. The van der Waals surface area contributed by atoms with E-state index in [1.165, 1.54) is 0 Å². The average Bonchev–Trinajstić information content (AvgIpc) is 2.68. The monoisotopic (exact) mass is 402 g/mol. The number of fused-ring (bicyclic) bond motifs is 1. The third-order valence-electron chi connectivity index (χ3n) is 4.86. The van der Waals surface area contributed by atoms with Crippen LogP contribution in [0.15, 0.2) is 36.4 Å². The molecule has 0 saturated heterocycles. The number of aromatic nitrogens is 1. The fraction of sp³-hybridized carbons (Fsp3) is 0.350. The van der Waals surface area contributed by atoms with Crippen LogP contribution >= 0.6 is 11.6 Å². The summed E-state index contributed by atoms with van der Waals surface area (Å²) in [6.45, 7) is 5.38. The van der Waals surface area contributed by atoms with Crippen molar-refractivity contribution in [2.45, 2.75) is 45.3 Å². The van der Waals surface area contributed by atoms with Crippen molar-refractivity contribution in [1.82, 2.24) is 4.98 Å². The van der Waals surface area contributed by atoms with Gasteiger partial charge in [0.05, 0.1) is 6.04 Å². The van der Waals surface area contributed by atoms with Crippen LogP contribution in [-0.2, 0) is 9.59 Å². The van der Waals surface area contributed by atoms with Gasteiger partial charge in [0.2, 0.25) is 11.8 Å². The predicted octanol–water partition coefficient (Wildman–Crippen LogP) is 3.64. The molecule has 8 heteroatoms. The molecule has 0 aliphatic carbocycles. The first kappa shape index (κ1) is 20.1. The molecule has 1 unspecified atom stereocenters. The number of hydrogen-bond donors (Lipinski definition) is 2. The fourth-order valence-electron chi connectivity index (χ4n) is 3.07. The van der Waals surface area contributed by atoms with Crippen LogP contribution in [0.3, 0.4) is 0 Å². The van der Waals surface area contributed by atoms with Crippen molar-refractivity contribution in [3.8, 4) is 5.88 Å². The number of nitrogens with one attached hydrogen (secondary N) is 1. The standard InChI is InChI=1S/C20H23ClN4O3/c1-4-20(5-2)19(27)25(14-8-6-13(21)7-9-14)15-10-11-16(24-18(15)28-20)23-17(26)12(3)22/h6-12H,4-5,22H2,1-3H3,(H,23,24,26). The highest BCUT2D eigenvalue weighted by molar-refractivity contribution is 6.30. The molecule has 1 atom stereocenters. The second-order valence-electron chi connectivity index (χ2n) is 6.72. The van der Waals surface area contributed by atoms with Gasteiger partial charge in [0.15, 0.2) is 5.60 Å². The number of carbonyl (C=O) groups is 2. The van der Waals surface area contributed by atoms with E-state index in [1.54, 1.807) is 48.2 Å². The molecule has 148 valence electrons. The van der Waals surface area contributed by atoms with E-state index in [2.05, 4.69) is 10.3 Å². The van der Waals surface area contributed by atoms with Gasteiger partial charge in [-0.2, -0.15) is 4.98 Å². The van der Waals surface area contributed by atoms with Gasteiger partial charge in [-0.15, -0.1) is 0 Å². The van der Waals surface area contributed by atoms with Crippen molar-refractivity contribution < 1.29 is 14.3 Å². The van der Waals surface area contributed by atoms with Crippen LogP contribution in [0.2, 0.25) is 5.02 Å². The summed E-state index contributed by atoms with van der Waals surface area (Å²) in [6, 6.07) is 9.64. The lowest BCUT2D eigenvalue weighted by Crippen LogP contribution is -2.54. The van der Waals surface area contributed by atoms with Crippen molar-refractivity contribution in [2.75, 3.05) is 10.2 Å². The minimum Gasteiger partial charge on any atom is -0.459 e. The predicted molar refractivity (Wildman–Crippen MR) is 109 cm³/mol. The maximum Gasteiger partial charge on any atom is 0.275 e. The Hall–Kier alpha value is -2.64. The zero-order valence-corrected chi connectivity index (χ0v) is 16.8. The number of pyridine rings is 1. The molecule has 2 amide bonds. The summed E-state index contributed by atoms with van der Waals surface area (Å²) in [5.74, 6) is 0.0703. The largest absolute Gasteiger partial charge is 0.459 e. The van der Waals surface area contributed by atoms with Gasteiger partial charge in [0.1, 0.15) is 11.5 Å². The highest BCUT2D eigenvalue weighted by atomic mass is 35.5. The first-order valence-electron chi connectivity index (χ1n) is 9.18. The second-order valence-corrected chi connectivity index (χ2v) is 7.16. The van der Waals surface area contributed by atoms with Gasteiger partial charge >= 0.3 is 0 Å². The number of amides is 2. The van der Waals surface area contributed by atoms with Crippen LogP contribution in [0.4, 0.5) is 17.2 Å². The van der Waals surface area contributed by atoms with Gasteiger partial charge in [-0.1, -0.05) is 25.4 Å². The zero-order valence-electron chi connectivity index (χ0n) is 16.0. The number of nitrogens with two attached hydrogens (primary N) is 1. The van der Waals surface area contributed by atoms with Gasteiger partial charge in [0.25, 0.3) is 5.91 Å². The Morgan fingerprint density at radius 3 is 2.46 bits per heavy atom. The lowest BCUT2D eigenvalue weighted by Gasteiger charge is -2.41. The summed E-state index contributed by atoms with van der Waals surface area (Å²) < 4.78 is 6.08. The normalized spacial score (nSPS) is 16.2. The highest BCUT2D eigenvalue weighted by Crippen LogP contribution is 2.43. The number of nitrogens with zero attached hydrogens (tertiary/aromatic N) is 2. The molecule has 0 saturated carbocycles. The second kappa shape index (κ2) is 7.77. The minimum absolute atomic E-state index is 0.165. The van der Waals surface area contributed by atoms with Gasteiger partial charge in [-0.05, 0) is 56.2 Å². The molecule has 3 rings (SSSR count). The molecule has 0 spiro atoms. The molecule has 0 fully saturated rings. The van der Waals surface area contributed by atoms with Crippen LogP contribution in [0, 0.1) is 0 Å². The summed E-state index contributed by atoms with van der Waals surface area (Å²) in [4.78, 5) is 31.3. The van der Waals surface area contributed by atoms with E-state index in [0.29, 0.717) is 35.1 Å². The van der Waals surface area contributed by atoms with Gasteiger partial charge < -0.3 is 15.8 Å². The number of hydrogen-bond acceptors (Lipinski definition) is 5. The number of halogens is 1. The van der Waals surface area contributed by atoms with Crippen molar-refractivity contribution >= 4 is 40.6 Å². The molecular formula is C20H23ClN4O3. The molecule has 1 aromatic heterocycles. The van der Waals surface area contributed by atoms with Crippen LogP contribution in [0.1, 0.15) is 33.6 Å². The van der Waals surface area contributed by atoms with Gasteiger partial charge in [0, 0.05) is 10.7 Å². The van der Waals surface area contributed by atoms with Crippen LogP contribution in [0.5, 0.6) is 5.88 Å². The van der Waals surface area contributed by atoms with E-state index < -0.39 is 11.6 Å². The average molecular weight is 403 g/mol. The smallest absolute Gasteiger partial charge is 0.275 e. The first-order valence-corrected chi connectivity index (χ1v) is 9.55. The lowest BCUT2D eigenvalue weighted by molar-refractivity contribution is -0.135. The number of rotatable bonds is 5. The van der Waals surface area contributed by atoms with Crippen LogP contribution < -0.4 is 20.7 Å². The SMILES string of the molecule is CCC1(CC)Oc2nc(NC(=O)C(C)N)ccc2N(c2ccc(Cl)cc2)C1=O. The Kier molecular flexibility index (Phi) is 5.58. The maximum atomic E-state index is 13.4. The Labute approximate surface area is 168 Å². The molecule has 1 aromatic carbocycles. The molecule has 1 aliphatic heterocycles. The van der Waals surface area contributed by atoms with E-state index in [-0.39, 0.29) is 17.7 Å². The number of benzene rings is 1. The topological polar surface area (TPSA) is 97.5 Å². The van der Waals surface area contributed by atoms with E-state index in [4.69, 9.17) is 22.1 Å². The number of carbonyl (C=O) groups excluding carboxylic acids is 2. The lowest BCUT2D eigenvalue weighted by atomic mass is 9.93. The van der Waals surface area contributed by atoms with Crippen molar-refractivity contribution in [2.24, 2.45) is 5.73 Å². The summed E-state index contributed by atoms with van der Waals surface area (Å²) >= 11 is 6.00. The Morgan fingerprint density at radius 1 is 1.25 bits per heavy atom. The molecule has 1 aliphatic rings. The van der Waals surface area contributed by atoms with E-state index in [9.17, 15) is 9.59 Å². The van der Waals surface area contributed by atoms with E-state index in [0.717, 1.165) is 0 Å². The Balaban J connectivity index is 2.10. The number of ether oxygens (including phenoxy) is 1. The number of anilines is 3. The third-order valence-corrected chi connectivity index (χ3v) is 5.11. The molecule has 3 N–H and O–H groups in total. The molecule has 2 heterocycles. The summed E-state index contributed by atoms with van der Waals surface area (Å²) in [5, 5.41) is 3.23. The molecule has 7 nitrogen and oxygen atoms in total. The molecule has 0 radical (unpaired) electrons. The fourth-order valence-corrected chi connectivity index (χ4v) is 3.20. The Bertz CT molecular complexity index is 895. The van der Waals surface area contributed by atoms with Crippen molar-refractivity contribution in [3.63, 3.8) is 0 Å². The Morgan fingerprint density at radius 2 is 1.89 bits per heavy atom. The third kappa shape index (κ3) is 3.55. The quantitative estimate of drug-likeness (QED) is 0.795. The van der Waals surface area contributed by atoms with Gasteiger partial charge in [-0.3, -0.25) is 14.5 Å². The van der Waals surface area contributed by atoms with E-state index in [1.807, 2.05) is 13.8 Å².